The van der Waals surface area contributed by atoms with Crippen LogP contribution < -0.4 is 15.4 Å². The molecule has 10 nitrogen and oxygen atoms in total. The second-order valence-corrected chi connectivity index (χ2v) is 10.6. The molecule has 3 atom stereocenters. The summed E-state index contributed by atoms with van der Waals surface area (Å²) in [5.74, 6) is -1.13. The highest BCUT2D eigenvalue weighted by Crippen LogP contribution is 2.32. The summed E-state index contributed by atoms with van der Waals surface area (Å²) in [6.45, 7) is 4.80. The van der Waals surface area contributed by atoms with Gasteiger partial charge in [-0.25, -0.2) is 14.7 Å². The summed E-state index contributed by atoms with van der Waals surface area (Å²) in [5.41, 5.74) is 1.63. The van der Waals surface area contributed by atoms with E-state index in [1.807, 2.05) is 49.3 Å². The summed E-state index contributed by atoms with van der Waals surface area (Å²) < 4.78 is 5.73. The van der Waals surface area contributed by atoms with Crippen LogP contribution in [0, 0.1) is 0 Å². The maximum absolute atomic E-state index is 13.7. The lowest BCUT2D eigenvalue weighted by Crippen LogP contribution is -2.50. The molecule has 0 spiro atoms. The summed E-state index contributed by atoms with van der Waals surface area (Å²) in [6, 6.07) is 13.4. The van der Waals surface area contributed by atoms with Gasteiger partial charge in [0, 0.05) is 24.3 Å². The molecule has 1 unspecified atom stereocenters. The number of hydrogen-bond donors (Lipinski definition) is 2. The van der Waals surface area contributed by atoms with E-state index in [4.69, 9.17) is 4.74 Å². The zero-order chi connectivity index (χ0) is 28.8. The number of rotatable bonds is 12. The molecule has 0 bridgehead atoms. The zero-order valence-corrected chi connectivity index (χ0v) is 23.7. The Balaban J connectivity index is 1.57. The van der Waals surface area contributed by atoms with E-state index in [2.05, 4.69) is 15.6 Å². The number of carbonyl (C=O) groups is 4. The molecule has 2 N–H and O–H groups in total. The first-order valence-corrected chi connectivity index (χ1v) is 13.9. The SMILES string of the molecule is CCC(=O)c1csc(NC(=O)[C@H]([C@@H](C)c2ccccc2)N2C(=O)NC(c3ccc(OCCN(C)C)cc3)C2=O)n1. The third kappa shape index (κ3) is 6.54. The average Bonchev–Trinajstić information content (AvgIpc) is 3.53. The molecule has 2 aromatic carbocycles. The minimum absolute atomic E-state index is 0.142. The van der Waals surface area contributed by atoms with Crippen molar-refractivity contribution in [1.82, 2.24) is 20.1 Å². The minimum Gasteiger partial charge on any atom is -0.492 e. The molecule has 0 saturated carbocycles. The predicted octanol–water partition coefficient (Wildman–Crippen LogP) is 4.08. The monoisotopic (exact) mass is 563 g/mol. The van der Waals surface area contributed by atoms with Crippen molar-refractivity contribution < 1.29 is 23.9 Å². The van der Waals surface area contributed by atoms with Crippen LogP contribution in [0.2, 0.25) is 0 Å². The van der Waals surface area contributed by atoms with Crippen molar-refractivity contribution in [3.63, 3.8) is 0 Å². The fourth-order valence-electron chi connectivity index (χ4n) is 4.41. The maximum atomic E-state index is 13.7. The number of ketones is 1. The van der Waals surface area contributed by atoms with Crippen molar-refractivity contribution in [2.24, 2.45) is 0 Å². The van der Waals surface area contributed by atoms with E-state index in [-0.39, 0.29) is 23.0 Å². The smallest absolute Gasteiger partial charge is 0.325 e. The Morgan fingerprint density at radius 2 is 1.82 bits per heavy atom. The number of aromatic nitrogens is 1. The molecule has 1 aliphatic rings. The normalized spacial score (nSPS) is 16.5. The van der Waals surface area contributed by atoms with Gasteiger partial charge in [0.05, 0.1) is 0 Å². The van der Waals surface area contributed by atoms with E-state index in [9.17, 15) is 19.2 Å². The second kappa shape index (κ2) is 12.8. The molecule has 2 heterocycles. The summed E-state index contributed by atoms with van der Waals surface area (Å²) in [7, 11) is 3.92. The van der Waals surface area contributed by atoms with Crippen molar-refractivity contribution in [2.45, 2.75) is 38.3 Å². The van der Waals surface area contributed by atoms with E-state index in [0.29, 0.717) is 17.9 Å². The highest BCUT2D eigenvalue weighted by Gasteiger charge is 2.47. The average molecular weight is 564 g/mol. The lowest BCUT2D eigenvalue weighted by Gasteiger charge is -2.29. The fraction of sp³-hybridized carbons (Fsp3) is 0.345. The molecule has 210 valence electrons. The van der Waals surface area contributed by atoms with Crippen LogP contribution in [0.1, 0.15) is 53.8 Å². The van der Waals surface area contributed by atoms with E-state index >= 15 is 0 Å². The first-order valence-electron chi connectivity index (χ1n) is 13.0. The second-order valence-electron chi connectivity index (χ2n) is 9.76. The van der Waals surface area contributed by atoms with Crippen molar-refractivity contribution in [1.29, 1.82) is 0 Å². The fourth-order valence-corrected chi connectivity index (χ4v) is 5.13. The van der Waals surface area contributed by atoms with Crippen LogP contribution >= 0.6 is 11.3 Å². The van der Waals surface area contributed by atoms with E-state index in [1.165, 1.54) is 0 Å². The zero-order valence-electron chi connectivity index (χ0n) is 22.9. The van der Waals surface area contributed by atoms with Crippen LogP contribution in [0.15, 0.2) is 60.0 Å². The van der Waals surface area contributed by atoms with Crippen molar-refractivity contribution in [2.75, 3.05) is 32.6 Å². The van der Waals surface area contributed by atoms with Gasteiger partial charge in [-0.1, -0.05) is 56.3 Å². The lowest BCUT2D eigenvalue weighted by molar-refractivity contribution is -0.134. The van der Waals surface area contributed by atoms with Gasteiger partial charge in [-0.05, 0) is 37.4 Å². The van der Waals surface area contributed by atoms with Gasteiger partial charge in [0.2, 0.25) is 5.91 Å². The molecule has 0 radical (unpaired) electrons. The molecule has 4 rings (SSSR count). The van der Waals surface area contributed by atoms with E-state index < -0.39 is 35.8 Å². The van der Waals surface area contributed by atoms with Crippen LogP contribution in [-0.2, 0) is 9.59 Å². The van der Waals surface area contributed by atoms with Crippen molar-refractivity contribution >= 4 is 40.1 Å². The van der Waals surface area contributed by atoms with Gasteiger partial charge in [-0.15, -0.1) is 11.3 Å². The van der Waals surface area contributed by atoms with Gasteiger partial charge in [-0.3, -0.25) is 14.4 Å². The molecule has 3 aromatic rings. The number of benzene rings is 2. The molecule has 1 aromatic heterocycles. The van der Waals surface area contributed by atoms with Gasteiger partial charge in [0.25, 0.3) is 5.91 Å². The number of ether oxygens (including phenoxy) is 1. The van der Waals surface area contributed by atoms with Gasteiger partial charge >= 0.3 is 6.03 Å². The Labute approximate surface area is 237 Å². The number of urea groups is 1. The van der Waals surface area contributed by atoms with Gasteiger partial charge in [0.15, 0.2) is 10.9 Å². The molecule has 1 fully saturated rings. The quantitative estimate of drug-likeness (QED) is 0.252. The van der Waals surface area contributed by atoms with Crippen LogP contribution in [-0.4, -0.2) is 71.7 Å². The summed E-state index contributed by atoms with van der Waals surface area (Å²) in [4.78, 5) is 59.8. The van der Waals surface area contributed by atoms with Crippen LogP contribution in [0.3, 0.4) is 0 Å². The first kappa shape index (κ1) is 28.9. The van der Waals surface area contributed by atoms with E-state index in [0.717, 1.165) is 28.3 Å². The largest absolute Gasteiger partial charge is 0.492 e. The summed E-state index contributed by atoms with van der Waals surface area (Å²) in [5, 5.41) is 7.25. The molecule has 1 saturated heterocycles. The third-order valence-corrected chi connectivity index (χ3v) is 7.44. The topological polar surface area (TPSA) is 121 Å². The summed E-state index contributed by atoms with van der Waals surface area (Å²) in [6.07, 6.45) is 0.289. The Bertz CT molecular complexity index is 1360. The lowest BCUT2D eigenvalue weighted by atomic mass is 9.91. The number of hydrogen-bond acceptors (Lipinski definition) is 8. The van der Waals surface area contributed by atoms with Gasteiger partial charge < -0.3 is 20.3 Å². The van der Waals surface area contributed by atoms with Crippen LogP contribution in [0.4, 0.5) is 9.93 Å². The number of likely N-dealkylation sites (N-methyl/N-ethyl adjacent to an activating group) is 1. The number of nitrogens with zero attached hydrogens (tertiary/aromatic N) is 3. The Kier molecular flexibility index (Phi) is 9.28. The number of thiazole rings is 1. The maximum Gasteiger partial charge on any atom is 0.325 e. The highest BCUT2D eigenvalue weighted by atomic mass is 32.1. The number of anilines is 1. The molecule has 1 aliphatic heterocycles. The number of imide groups is 1. The van der Waals surface area contributed by atoms with Gasteiger partial charge in [0.1, 0.15) is 30.1 Å². The Morgan fingerprint density at radius 3 is 2.48 bits per heavy atom. The van der Waals surface area contributed by atoms with Gasteiger partial charge in [-0.2, -0.15) is 0 Å². The minimum atomic E-state index is -1.16. The summed E-state index contributed by atoms with van der Waals surface area (Å²) >= 11 is 1.11. The molecule has 40 heavy (non-hydrogen) atoms. The molecule has 11 heteroatoms. The molecule has 0 aliphatic carbocycles. The standard InChI is InChI=1S/C29H33N5O5S/c1-5-23(35)22-17-40-28(30-22)32-26(36)25(18(2)19-9-7-6-8-10-19)34-27(37)24(31-29(34)38)20-11-13-21(14-12-20)39-16-15-33(3)4/h6-14,17-18,24-25H,5,15-16H2,1-4H3,(H,31,38)(H,30,32,36)/t18-,24?,25-/m0/s1. The Morgan fingerprint density at radius 1 is 1.12 bits per heavy atom. The first-order chi connectivity index (χ1) is 19.2. The van der Waals surface area contributed by atoms with Crippen molar-refractivity contribution in [3.05, 3.63) is 76.8 Å². The van der Waals surface area contributed by atoms with E-state index in [1.54, 1.807) is 43.5 Å². The number of amides is 4. The predicted molar refractivity (Wildman–Crippen MR) is 153 cm³/mol. The third-order valence-electron chi connectivity index (χ3n) is 6.68. The number of carbonyl (C=O) groups excluding carboxylic acids is 4. The molecular formula is C29H33N5O5S. The number of Topliss-reactive ketones (excluding diaryl/α,β-unsaturated/α-hetero) is 1. The highest BCUT2D eigenvalue weighted by molar-refractivity contribution is 7.14. The van der Waals surface area contributed by atoms with Crippen LogP contribution in [0.5, 0.6) is 5.75 Å². The number of nitrogens with one attached hydrogen (secondary N) is 2. The van der Waals surface area contributed by atoms with Crippen LogP contribution in [0.25, 0.3) is 0 Å². The Hall–Kier alpha value is -4.09. The molecular weight excluding hydrogens is 530 g/mol. The molecule has 4 amide bonds. The van der Waals surface area contributed by atoms with Crippen molar-refractivity contribution in [3.8, 4) is 5.75 Å².